The Bertz CT molecular complexity index is 382. The lowest BCUT2D eigenvalue weighted by Crippen LogP contribution is -2.42. The number of anilines is 2. The van der Waals surface area contributed by atoms with E-state index < -0.39 is 0 Å². The lowest BCUT2D eigenvalue weighted by molar-refractivity contribution is 0.226. The second-order valence-electron chi connectivity index (χ2n) is 5.07. The molecular formula is C14H25N5. The molecule has 0 aliphatic carbocycles. The Morgan fingerprint density at radius 1 is 1.42 bits per heavy atom. The highest BCUT2D eigenvalue weighted by Crippen LogP contribution is 2.15. The minimum atomic E-state index is 0.502. The van der Waals surface area contributed by atoms with Gasteiger partial charge in [-0.2, -0.15) is 4.98 Å². The molecule has 2 rings (SSSR count). The van der Waals surface area contributed by atoms with Gasteiger partial charge in [0.1, 0.15) is 5.82 Å². The van der Waals surface area contributed by atoms with Gasteiger partial charge in [-0.15, -0.1) is 0 Å². The zero-order valence-electron chi connectivity index (χ0n) is 12.0. The van der Waals surface area contributed by atoms with Gasteiger partial charge in [-0.1, -0.05) is 13.8 Å². The van der Waals surface area contributed by atoms with Crippen molar-refractivity contribution in [1.29, 1.82) is 0 Å². The molecular weight excluding hydrogens is 238 g/mol. The van der Waals surface area contributed by atoms with E-state index in [1.54, 1.807) is 0 Å². The summed E-state index contributed by atoms with van der Waals surface area (Å²) in [5.74, 6) is 1.64. The van der Waals surface area contributed by atoms with Crippen LogP contribution in [0.15, 0.2) is 12.3 Å². The van der Waals surface area contributed by atoms with Gasteiger partial charge in [-0.3, -0.25) is 0 Å². The third-order valence-electron chi connectivity index (χ3n) is 3.49. The molecule has 1 aromatic heterocycles. The van der Waals surface area contributed by atoms with Gasteiger partial charge in [0.05, 0.1) is 0 Å². The van der Waals surface area contributed by atoms with E-state index in [1.165, 1.54) is 19.4 Å². The molecule has 1 saturated heterocycles. The summed E-state index contributed by atoms with van der Waals surface area (Å²) in [6.07, 6.45) is 5.37. The van der Waals surface area contributed by atoms with Crippen LogP contribution in [0.3, 0.4) is 0 Å². The summed E-state index contributed by atoms with van der Waals surface area (Å²) in [6.45, 7) is 8.73. The van der Waals surface area contributed by atoms with Crippen LogP contribution in [0.2, 0.25) is 0 Å². The number of likely N-dealkylation sites (N-methyl/N-ethyl adjacent to an activating group) is 1. The Hall–Kier alpha value is -1.36. The Kier molecular flexibility index (Phi) is 5.39. The average molecular weight is 263 g/mol. The number of nitrogens with zero attached hydrogens (tertiary/aromatic N) is 3. The molecule has 0 saturated carbocycles. The average Bonchev–Trinajstić information content (AvgIpc) is 2.46. The van der Waals surface area contributed by atoms with Gasteiger partial charge in [0.25, 0.3) is 0 Å². The number of hydrogen-bond donors (Lipinski definition) is 2. The largest absolute Gasteiger partial charge is 0.366 e. The van der Waals surface area contributed by atoms with Crippen LogP contribution in [0, 0.1) is 0 Å². The number of hydrogen-bond acceptors (Lipinski definition) is 5. The molecule has 0 amide bonds. The molecule has 2 heterocycles. The van der Waals surface area contributed by atoms with E-state index >= 15 is 0 Å². The Morgan fingerprint density at radius 2 is 2.32 bits per heavy atom. The fourth-order valence-electron chi connectivity index (χ4n) is 2.43. The molecule has 106 valence electrons. The number of likely N-dealkylation sites (tertiary alicyclic amines) is 1. The third-order valence-corrected chi connectivity index (χ3v) is 3.49. The van der Waals surface area contributed by atoms with Crippen molar-refractivity contribution in [2.75, 3.05) is 36.8 Å². The molecule has 1 fully saturated rings. The molecule has 19 heavy (non-hydrogen) atoms. The standard InChI is InChI=1S/C14H25N5/c1-3-8-15-14-16-9-7-13(18-14)17-12-6-5-10-19(4-2)11-12/h7,9,12H,3-6,8,10-11H2,1-2H3,(H2,15,16,17,18). The normalized spacial score (nSPS) is 20.2. The maximum atomic E-state index is 4.50. The number of rotatable bonds is 6. The minimum absolute atomic E-state index is 0.502. The smallest absolute Gasteiger partial charge is 0.224 e. The monoisotopic (exact) mass is 263 g/mol. The van der Waals surface area contributed by atoms with Gasteiger partial charge in [-0.05, 0) is 38.4 Å². The first-order chi connectivity index (χ1) is 9.31. The van der Waals surface area contributed by atoms with Crippen LogP contribution < -0.4 is 10.6 Å². The summed E-state index contributed by atoms with van der Waals surface area (Å²) in [4.78, 5) is 11.2. The van der Waals surface area contributed by atoms with Crippen molar-refractivity contribution >= 4 is 11.8 Å². The highest BCUT2D eigenvalue weighted by Gasteiger charge is 2.18. The first-order valence-electron chi connectivity index (χ1n) is 7.37. The zero-order chi connectivity index (χ0) is 13.5. The topological polar surface area (TPSA) is 53.1 Å². The van der Waals surface area contributed by atoms with Crippen LogP contribution >= 0.6 is 0 Å². The van der Waals surface area contributed by atoms with Crippen molar-refractivity contribution in [3.8, 4) is 0 Å². The van der Waals surface area contributed by atoms with Gasteiger partial charge >= 0.3 is 0 Å². The molecule has 0 radical (unpaired) electrons. The fourth-order valence-corrected chi connectivity index (χ4v) is 2.43. The quantitative estimate of drug-likeness (QED) is 0.824. The van der Waals surface area contributed by atoms with E-state index in [0.717, 1.165) is 37.8 Å². The zero-order valence-corrected chi connectivity index (χ0v) is 12.0. The lowest BCUT2D eigenvalue weighted by Gasteiger charge is -2.32. The number of piperidine rings is 1. The van der Waals surface area contributed by atoms with Crippen molar-refractivity contribution < 1.29 is 0 Å². The summed E-state index contributed by atoms with van der Waals surface area (Å²) < 4.78 is 0. The van der Waals surface area contributed by atoms with E-state index in [4.69, 9.17) is 0 Å². The maximum absolute atomic E-state index is 4.50. The SMILES string of the molecule is CCCNc1nccc(NC2CCCN(CC)C2)n1. The molecule has 0 spiro atoms. The Labute approximate surface area is 115 Å². The predicted molar refractivity (Wildman–Crippen MR) is 79.6 cm³/mol. The van der Waals surface area contributed by atoms with Crippen LogP contribution in [0.4, 0.5) is 11.8 Å². The van der Waals surface area contributed by atoms with E-state index in [2.05, 4.69) is 39.3 Å². The summed E-state index contributed by atoms with van der Waals surface area (Å²) in [5.41, 5.74) is 0. The molecule has 1 atom stereocenters. The highest BCUT2D eigenvalue weighted by molar-refractivity contribution is 5.40. The summed E-state index contributed by atoms with van der Waals surface area (Å²) in [7, 11) is 0. The second kappa shape index (κ2) is 7.28. The van der Waals surface area contributed by atoms with E-state index in [1.807, 2.05) is 12.3 Å². The first-order valence-corrected chi connectivity index (χ1v) is 7.37. The predicted octanol–water partition coefficient (Wildman–Crippen LogP) is 2.19. The van der Waals surface area contributed by atoms with Crippen molar-refractivity contribution in [1.82, 2.24) is 14.9 Å². The highest BCUT2D eigenvalue weighted by atomic mass is 15.2. The lowest BCUT2D eigenvalue weighted by atomic mass is 10.1. The first kappa shape index (κ1) is 14.1. The minimum Gasteiger partial charge on any atom is -0.366 e. The Morgan fingerprint density at radius 3 is 3.11 bits per heavy atom. The molecule has 5 nitrogen and oxygen atoms in total. The van der Waals surface area contributed by atoms with Crippen LogP contribution in [-0.2, 0) is 0 Å². The third kappa shape index (κ3) is 4.35. The van der Waals surface area contributed by atoms with E-state index in [0.29, 0.717) is 6.04 Å². The van der Waals surface area contributed by atoms with Gasteiger partial charge < -0.3 is 15.5 Å². The second-order valence-corrected chi connectivity index (χ2v) is 5.07. The summed E-state index contributed by atoms with van der Waals surface area (Å²) >= 11 is 0. The number of aromatic nitrogens is 2. The summed E-state index contributed by atoms with van der Waals surface area (Å²) in [6, 6.07) is 2.45. The van der Waals surface area contributed by atoms with Crippen molar-refractivity contribution in [3.63, 3.8) is 0 Å². The fraction of sp³-hybridized carbons (Fsp3) is 0.714. The van der Waals surface area contributed by atoms with Crippen LogP contribution in [0.5, 0.6) is 0 Å². The molecule has 2 N–H and O–H groups in total. The maximum Gasteiger partial charge on any atom is 0.224 e. The van der Waals surface area contributed by atoms with Gasteiger partial charge in [0.2, 0.25) is 5.95 Å². The molecule has 5 heteroatoms. The molecule has 1 unspecified atom stereocenters. The van der Waals surface area contributed by atoms with Crippen molar-refractivity contribution in [2.45, 2.75) is 39.2 Å². The molecule has 1 aromatic rings. The van der Waals surface area contributed by atoms with Crippen molar-refractivity contribution in [3.05, 3.63) is 12.3 Å². The van der Waals surface area contributed by atoms with Gasteiger partial charge in [0.15, 0.2) is 0 Å². The van der Waals surface area contributed by atoms with Gasteiger partial charge in [0, 0.05) is 25.3 Å². The summed E-state index contributed by atoms with van der Waals surface area (Å²) in [5, 5.41) is 6.75. The number of nitrogens with one attached hydrogen (secondary N) is 2. The molecule has 0 bridgehead atoms. The molecule has 1 aliphatic rings. The Balaban J connectivity index is 1.90. The van der Waals surface area contributed by atoms with E-state index in [9.17, 15) is 0 Å². The van der Waals surface area contributed by atoms with Crippen LogP contribution in [0.1, 0.15) is 33.1 Å². The van der Waals surface area contributed by atoms with Crippen LogP contribution in [-0.4, -0.2) is 47.1 Å². The molecule has 0 aromatic carbocycles. The van der Waals surface area contributed by atoms with Crippen LogP contribution in [0.25, 0.3) is 0 Å². The van der Waals surface area contributed by atoms with Gasteiger partial charge in [-0.25, -0.2) is 4.98 Å². The molecule has 1 aliphatic heterocycles. The van der Waals surface area contributed by atoms with E-state index in [-0.39, 0.29) is 0 Å². The van der Waals surface area contributed by atoms with Crippen molar-refractivity contribution in [2.24, 2.45) is 0 Å².